The summed E-state index contributed by atoms with van der Waals surface area (Å²) in [6.45, 7) is 6.04. The van der Waals surface area contributed by atoms with E-state index in [1.807, 2.05) is 13.8 Å². The predicted octanol–water partition coefficient (Wildman–Crippen LogP) is 0.554. The minimum Gasteiger partial charge on any atom is -0.481 e. The van der Waals surface area contributed by atoms with Gasteiger partial charge in [-0.1, -0.05) is 6.92 Å². The molecule has 1 fully saturated rings. The highest BCUT2D eigenvalue weighted by Gasteiger charge is 2.32. The average molecular weight is 201 g/mol. The van der Waals surface area contributed by atoms with Crippen molar-refractivity contribution in [3.05, 3.63) is 0 Å². The Morgan fingerprint density at radius 1 is 1.57 bits per heavy atom. The molecule has 4 heteroatoms. The van der Waals surface area contributed by atoms with Crippen LogP contribution in [0.2, 0.25) is 0 Å². The summed E-state index contributed by atoms with van der Waals surface area (Å²) in [5.41, 5.74) is -0.631. The molecule has 0 saturated carbocycles. The standard InChI is InChI=1S/C10H19NO3/c1-3-10(2,14)7-11-5-8(6-11)4-9(12)13/h8,14H,3-7H2,1-2H3,(H,12,13). The lowest BCUT2D eigenvalue weighted by atomic mass is 9.93. The quantitative estimate of drug-likeness (QED) is 0.682. The molecule has 0 aliphatic carbocycles. The Labute approximate surface area is 84.5 Å². The highest BCUT2D eigenvalue weighted by atomic mass is 16.4. The predicted molar refractivity (Wildman–Crippen MR) is 53.1 cm³/mol. The van der Waals surface area contributed by atoms with Gasteiger partial charge in [0.15, 0.2) is 0 Å². The van der Waals surface area contributed by atoms with Crippen molar-refractivity contribution in [2.45, 2.75) is 32.3 Å². The maximum Gasteiger partial charge on any atom is 0.303 e. The summed E-state index contributed by atoms with van der Waals surface area (Å²) in [5.74, 6) is -0.447. The monoisotopic (exact) mass is 201 g/mol. The minimum absolute atomic E-state index is 0.255. The van der Waals surface area contributed by atoms with E-state index in [1.165, 1.54) is 0 Å². The van der Waals surface area contributed by atoms with Crippen molar-refractivity contribution >= 4 is 5.97 Å². The number of aliphatic hydroxyl groups is 1. The zero-order valence-corrected chi connectivity index (χ0v) is 8.86. The van der Waals surface area contributed by atoms with E-state index in [4.69, 9.17) is 5.11 Å². The molecular weight excluding hydrogens is 182 g/mol. The number of nitrogens with zero attached hydrogens (tertiary/aromatic N) is 1. The van der Waals surface area contributed by atoms with Gasteiger partial charge in [0, 0.05) is 19.6 Å². The van der Waals surface area contributed by atoms with Gasteiger partial charge in [0.1, 0.15) is 0 Å². The molecule has 14 heavy (non-hydrogen) atoms. The zero-order valence-electron chi connectivity index (χ0n) is 8.86. The maximum absolute atomic E-state index is 10.4. The molecule has 1 unspecified atom stereocenters. The molecule has 0 aromatic rings. The third kappa shape index (κ3) is 3.27. The van der Waals surface area contributed by atoms with E-state index in [2.05, 4.69) is 4.90 Å². The van der Waals surface area contributed by atoms with E-state index in [1.54, 1.807) is 0 Å². The van der Waals surface area contributed by atoms with E-state index in [-0.39, 0.29) is 12.3 Å². The molecule has 82 valence electrons. The van der Waals surface area contributed by atoms with Crippen molar-refractivity contribution in [1.29, 1.82) is 0 Å². The van der Waals surface area contributed by atoms with E-state index in [0.717, 1.165) is 19.5 Å². The average Bonchev–Trinajstić information content (AvgIpc) is 1.99. The molecule has 0 spiro atoms. The Balaban J connectivity index is 2.19. The Hall–Kier alpha value is -0.610. The highest BCUT2D eigenvalue weighted by molar-refractivity contribution is 5.67. The van der Waals surface area contributed by atoms with Crippen LogP contribution in [-0.2, 0) is 4.79 Å². The Morgan fingerprint density at radius 2 is 2.14 bits per heavy atom. The fourth-order valence-corrected chi connectivity index (χ4v) is 1.78. The van der Waals surface area contributed by atoms with Crippen molar-refractivity contribution in [3.63, 3.8) is 0 Å². The molecule has 0 amide bonds. The first-order valence-corrected chi connectivity index (χ1v) is 5.09. The maximum atomic E-state index is 10.4. The van der Waals surface area contributed by atoms with Crippen LogP contribution in [-0.4, -0.2) is 46.3 Å². The molecule has 4 nitrogen and oxygen atoms in total. The molecule has 1 saturated heterocycles. The van der Waals surface area contributed by atoms with E-state index >= 15 is 0 Å². The molecule has 1 aliphatic heterocycles. The molecule has 1 atom stereocenters. The van der Waals surface area contributed by atoms with Gasteiger partial charge in [-0.3, -0.25) is 9.69 Å². The number of carboxylic acids is 1. The van der Waals surface area contributed by atoms with E-state index in [0.29, 0.717) is 6.54 Å². The van der Waals surface area contributed by atoms with E-state index in [9.17, 15) is 9.90 Å². The molecule has 1 aliphatic rings. The van der Waals surface area contributed by atoms with Crippen LogP contribution in [0.1, 0.15) is 26.7 Å². The number of carboxylic acid groups (broad SMARTS) is 1. The Morgan fingerprint density at radius 3 is 2.57 bits per heavy atom. The zero-order chi connectivity index (χ0) is 10.8. The van der Waals surface area contributed by atoms with Crippen molar-refractivity contribution < 1.29 is 15.0 Å². The van der Waals surface area contributed by atoms with Crippen LogP contribution in [0.3, 0.4) is 0 Å². The lowest BCUT2D eigenvalue weighted by Crippen LogP contribution is -2.53. The molecule has 0 bridgehead atoms. The normalized spacial score (nSPS) is 22.8. The lowest BCUT2D eigenvalue weighted by molar-refractivity contribution is -0.139. The van der Waals surface area contributed by atoms with Gasteiger partial charge < -0.3 is 10.2 Å². The molecule has 0 aromatic carbocycles. The van der Waals surface area contributed by atoms with Gasteiger partial charge in [-0.2, -0.15) is 0 Å². The Kier molecular flexibility index (Phi) is 3.50. The number of hydrogen-bond donors (Lipinski definition) is 2. The van der Waals surface area contributed by atoms with Crippen molar-refractivity contribution in [1.82, 2.24) is 4.90 Å². The number of carbonyl (C=O) groups is 1. The second kappa shape index (κ2) is 4.28. The van der Waals surface area contributed by atoms with Crippen LogP contribution in [0, 0.1) is 5.92 Å². The van der Waals surface area contributed by atoms with Crippen LogP contribution in [0.5, 0.6) is 0 Å². The van der Waals surface area contributed by atoms with E-state index < -0.39 is 11.6 Å². The molecule has 0 aromatic heterocycles. The van der Waals surface area contributed by atoms with Gasteiger partial charge in [0.25, 0.3) is 0 Å². The largest absolute Gasteiger partial charge is 0.481 e. The number of β-amino-alcohol motifs (C(OH)–C–C–N with tert-alkyl or cyclic N) is 1. The topological polar surface area (TPSA) is 60.8 Å². The summed E-state index contributed by atoms with van der Waals surface area (Å²) >= 11 is 0. The van der Waals surface area contributed by atoms with Gasteiger partial charge in [-0.05, 0) is 19.3 Å². The minimum atomic E-state index is -0.725. The fraction of sp³-hybridized carbons (Fsp3) is 0.900. The van der Waals surface area contributed by atoms with Crippen LogP contribution < -0.4 is 0 Å². The van der Waals surface area contributed by atoms with Crippen molar-refractivity contribution in [3.8, 4) is 0 Å². The molecular formula is C10H19NO3. The summed E-state index contributed by atoms with van der Waals surface area (Å²) in [5, 5.41) is 18.3. The van der Waals surface area contributed by atoms with Gasteiger partial charge >= 0.3 is 5.97 Å². The summed E-state index contributed by atoms with van der Waals surface area (Å²) < 4.78 is 0. The van der Waals surface area contributed by atoms with Gasteiger partial charge in [-0.15, -0.1) is 0 Å². The Bertz CT molecular complexity index is 209. The van der Waals surface area contributed by atoms with Gasteiger partial charge in [-0.25, -0.2) is 0 Å². The molecule has 2 N–H and O–H groups in total. The summed E-state index contributed by atoms with van der Waals surface area (Å²) in [7, 11) is 0. The smallest absolute Gasteiger partial charge is 0.303 e. The molecule has 0 radical (unpaired) electrons. The number of likely N-dealkylation sites (tertiary alicyclic amines) is 1. The van der Waals surface area contributed by atoms with Crippen LogP contribution in [0.4, 0.5) is 0 Å². The van der Waals surface area contributed by atoms with Crippen LogP contribution in [0.15, 0.2) is 0 Å². The molecule has 1 rings (SSSR count). The number of rotatable bonds is 5. The SMILES string of the molecule is CCC(C)(O)CN1CC(CC(=O)O)C1. The van der Waals surface area contributed by atoms with Crippen LogP contribution >= 0.6 is 0 Å². The lowest BCUT2D eigenvalue weighted by Gasteiger charge is -2.42. The second-order valence-corrected chi connectivity index (χ2v) is 4.51. The third-order valence-electron chi connectivity index (χ3n) is 2.82. The summed E-state index contributed by atoms with van der Waals surface area (Å²) in [6, 6.07) is 0. The first kappa shape index (κ1) is 11.5. The van der Waals surface area contributed by atoms with Crippen molar-refractivity contribution in [2.24, 2.45) is 5.92 Å². The summed E-state index contributed by atoms with van der Waals surface area (Å²) in [4.78, 5) is 12.5. The summed E-state index contributed by atoms with van der Waals surface area (Å²) in [6.07, 6.45) is 0.984. The second-order valence-electron chi connectivity index (χ2n) is 4.51. The van der Waals surface area contributed by atoms with Gasteiger partial charge in [0.05, 0.1) is 12.0 Å². The first-order chi connectivity index (χ1) is 6.43. The number of aliphatic carboxylic acids is 1. The molecule has 1 heterocycles. The fourth-order valence-electron chi connectivity index (χ4n) is 1.78. The third-order valence-corrected chi connectivity index (χ3v) is 2.82. The highest BCUT2D eigenvalue weighted by Crippen LogP contribution is 2.22. The van der Waals surface area contributed by atoms with Gasteiger partial charge in [0.2, 0.25) is 0 Å². The first-order valence-electron chi connectivity index (χ1n) is 5.09. The number of hydrogen-bond acceptors (Lipinski definition) is 3. The van der Waals surface area contributed by atoms with Crippen molar-refractivity contribution in [2.75, 3.05) is 19.6 Å². The van der Waals surface area contributed by atoms with Crippen LogP contribution in [0.25, 0.3) is 0 Å².